The van der Waals surface area contributed by atoms with Gasteiger partial charge in [-0.25, -0.2) is 0 Å². The molecule has 1 saturated carbocycles. The molecule has 0 N–H and O–H groups in total. The first-order chi connectivity index (χ1) is 12.3. The summed E-state index contributed by atoms with van der Waals surface area (Å²) in [6.45, 7) is 11.0. The van der Waals surface area contributed by atoms with Crippen molar-refractivity contribution in [1.29, 1.82) is 0 Å². The average molecular weight is 417 g/mol. The van der Waals surface area contributed by atoms with Gasteiger partial charge < -0.3 is 9.47 Å². The van der Waals surface area contributed by atoms with Crippen LogP contribution in [0.15, 0.2) is 18.2 Å². The molecule has 1 aliphatic carbocycles. The minimum absolute atomic E-state index is 0. The number of hydrogen-bond donors (Lipinski definition) is 0. The van der Waals surface area contributed by atoms with E-state index >= 15 is 0 Å². The zero-order chi connectivity index (χ0) is 17.1. The van der Waals surface area contributed by atoms with Crippen molar-refractivity contribution in [2.24, 2.45) is 5.92 Å². The van der Waals surface area contributed by atoms with E-state index in [1.165, 1.54) is 56.4 Å². The molecule has 27 heavy (non-hydrogen) atoms. The van der Waals surface area contributed by atoms with E-state index < -0.39 is 0 Å². The Morgan fingerprint density at radius 1 is 1.00 bits per heavy atom. The molecule has 1 aromatic carbocycles. The molecular formula is C21H34Cl2N2O2. The molecular weight excluding hydrogens is 383 g/mol. The average Bonchev–Trinajstić information content (AvgIpc) is 3.09. The summed E-state index contributed by atoms with van der Waals surface area (Å²) in [6, 6.07) is 6.76. The predicted octanol–water partition coefficient (Wildman–Crippen LogP) is 3.92. The van der Waals surface area contributed by atoms with Crippen LogP contribution in [-0.4, -0.2) is 61.8 Å². The Hall–Kier alpha value is -0.520. The van der Waals surface area contributed by atoms with Gasteiger partial charge in [0.15, 0.2) is 0 Å². The molecule has 3 fully saturated rings. The van der Waals surface area contributed by atoms with Crippen molar-refractivity contribution in [3.05, 3.63) is 29.3 Å². The van der Waals surface area contributed by atoms with Crippen molar-refractivity contribution in [3.8, 4) is 5.75 Å². The van der Waals surface area contributed by atoms with Crippen molar-refractivity contribution in [3.63, 3.8) is 0 Å². The zero-order valence-corrected chi connectivity index (χ0v) is 18.0. The molecule has 0 spiro atoms. The third-order valence-electron chi connectivity index (χ3n) is 5.95. The first kappa shape index (κ1) is 22.8. The molecule has 0 radical (unpaired) electrons. The van der Waals surface area contributed by atoms with E-state index in [1.54, 1.807) is 0 Å². The number of halogens is 2. The van der Waals surface area contributed by atoms with Gasteiger partial charge in [-0.05, 0) is 68.8 Å². The summed E-state index contributed by atoms with van der Waals surface area (Å²) in [7, 11) is 0. The van der Waals surface area contributed by atoms with Gasteiger partial charge in [-0.2, -0.15) is 0 Å². The summed E-state index contributed by atoms with van der Waals surface area (Å²) >= 11 is 0. The number of rotatable bonds is 6. The van der Waals surface area contributed by atoms with Crippen LogP contribution in [0.3, 0.4) is 0 Å². The second-order valence-electron chi connectivity index (χ2n) is 8.07. The van der Waals surface area contributed by atoms with Gasteiger partial charge in [0, 0.05) is 26.2 Å². The summed E-state index contributed by atoms with van der Waals surface area (Å²) in [5.74, 6) is 1.89. The fourth-order valence-electron chi connectivity index (χ4n) is 4.39. The molecule has 0 unspecified atom stereocenters. The van der Waals surface area contributed by atoms with Crippen molar-refractivity contribution < 1.29 is 9.47 Å². The third-order valence-corrected chi connectivity index (χ3v) is 5.95. The number of hydrogen-bond acceptors (Lipinski definition) is 4. The van der Waals surface area contributed by atoms with Crippen LogP contribution in [0.2, 0.25) is 0 Å². The molecule has 154 valence electrons. The standard InChI is InChI=1S/C21H32N2O2.2ClH/c1-17-12-18(15-22-6-2-3-7-22)4-5-21(17)25-20-13-19(14-20)16-23-8-10-24-11-9-23;;/h4-5,12,19-20H,2-3,6-11,13-16H2,1H3;2*1H/t19-,20-;;. The van der Waals surface area contributed by atoms with Gasteiger partial charge in [-0.1, -0.05) is 12.1 Å². The first-order valence-corrected chi connectivity index (χ1v) is 10.0. The number of ether oxygens (including phenoxy) is 2. The summed E-state index contributed by atoms with van der Waals surface area (Å²) in [5, 5.41) is 0. The lowest BCUT2D eigenvalue weighted by Crippen LogP contribution is -2.45. The van der Waals surface area contributed by atoms with E-state index in [2.05, 4.69) is 34.9 Å². The number of nitrogens with zero attached hydrogens (tertiary/aromatic N) is 2. The molecule has 0 bridgehead atoms. The SMILES string of the molecule is Cc1cc(CN2CCCC2)ccc1O[C@H]1C[C@H](CN2CCOCC2)C1.Cl.Cl. The maximum atomic E-state index is 6.27. The molecule has 0 atom stereocenters. The van der Waals surface area contributed by atoms with Gasteiger partial charge in [-0.3, -0.25) is 9.80 Å². The number of morpholine rings is 1. The lowest BCUT2D eigenvalue weighted by molar-refractivity contribution is -0.0000262. The highest BCUT2D eigenvalue weighted by atomic mass is 35.5. The Labute approximate surface area is 176 Å². The second kappa shape index (κ2) is 10.9. The third kappa shape index (κ3) is 6.23. The molecule has 0 aromatic heterocycles. The highest BCUT2D eigenvalue weighted by Gasteiger charge is 2.32. The Balaban J connectivity index is 0.00000131. The summed E-state index contributed by atoms with van der Waals surface area (Å²) < 4.78 is 11.7. The summed E-state index contributed by atoms with van der Waals surface area (Å²) in [6.07, 6.45) is 5.52. The molecule has 4 nitrogen and oxygen atoms in total. The molecule has 2 aliphatic heterocycles. The maximum absolute atomic E-state index is 6.27. The van der Waals surface area contributed by atoms with Crippen molar-refractivity contribution in [2.75, 3.05) is 45.9 Å². The van der Waals surface area contributed by atoms with Crippen LogP contribution in [0.5, 0.6) is 5.75 Å². The largest absolute Gasteiger partial charge is 0.490 e. The lowest BCUT2D eigenvalue weighted by atomic mass is 9.81. The Morgan fingerprint density at radius 3 is 2.37 bits per heavy atom. The maximum Gasteiger partial charge on any atom is 0.122 e. The molecule has 2 saturated heterocycles. The first-order valence-electron chi connectivity index (χ1n) is 10.0. The highest BCUT2D eigenvalue weighted by Crippen LogP contribution is 2.33. The molecule has 4 rings (SSSR count). The van der Waals surface area contributed by atoms with Gasteiger partial charge >= 0.3 is 0 Å². The van der Waals surface area contributed by atoms with Crippen molar-refractivity contribution >= 4 is 24.8 Å². The smallest absolute Gasteiger partial charge is 0.122 e. The molecule has 0 amide bonds. The van der Waals surface area contributed by atoms with Gasteiger partial charge in [0.2, 0.25) is 0 Å². The zero-order valence-electron chi connectivity index (χ0n) is 16.4. The highest BCUT2D eigenvalue weighted by molar-refractivity contribution is 5.85. The second-order valence-corrected chi connectivity index (χ2v) is 8.07. The Bertz CT molecular complexity index is 569. The van der Waals surface area contributed by atoms with Gasteiger partial charge in [-0.15, -0.1) is 24.8 Å². The summed E-state index contributed by atoms with van der Waals surface area (Å²) in [5.41, 5.74) is 2.71. The Kier molecular flexibility index (Phi) is 9.17. The van der Waals surface area contributed by atoms with E-state index in [0.717, 1.165) is 44.5 Å². The fraction of sp³-hybridized carbons (Fsp3) is 0.714. The van der Waals surface area contributed by atoms with Crippen LogP contribution in [-0.2, 0) is 11.3 Å². The molecule has 2 heterocycles. The van der Waals surface area contributed by atoms with Gasteiger partial charge in [0.1, 0.15) is 5.75 Å². The molecule has 6 heteroatoms. The normalized spacial score (nSPS) is 26.0. The quantitative estimate of drug-likeness (QED) is 0.701. The van der Waals surface area contributed by atoms with E-state index in [4.69, 9.17) is 9.47 Å². The van der Waals surface area contributed by atoms with Crippen LogP contribution in [0, 0.1) is 12.8 Å². The molecule has 3 aliphatic rings. The monoisotopic (exact) mass is 416 g/mol. The summed E-state index contributed by atoms with van der Waals surface area (Å²) in [4.78, 5) is 5.10. The Morgan fingerprint density at radius 2 is 1.70 bits per heavy atom. The van der Waals surface area contributed by atoms with Crippen LogP contribution in [0.25, 0.3) is 0 Å². The van der Waals surface area contributed by atoms with Crippen LogP contribution in [0.4, 0.5) is 0 Å². The fourth-order valence-corrected chi connectivity index (χ4v) is 4.39. The van der Waals surface area contributed by atoms with Crippen LogP contribution in [0.1, 0.15) is 36.8 Å². The lowest BCUT2D eigenvalue weighted by Gasteiger charge is -2.39. The van der Waals surface area contributed by atoms with Gasteiger partial charge in [0.25, 0.3) is 0 Å². The van der Waals surface area contributed by atoms with E-state index in [9.17, 15) is 0 Å². The van der Waals surface area contributed by atoms with Crippen LogP contribution >= 0.6 is 24.8 Å². The van der Waals surface area contributed by atoms with E-state index in [0.29, 0.717) is 6.10 Å². The van der Waals surface area contributed by atoms with E-state index in [-0.39, 0.29) is 24.8 Å². The van der Waals surface area contributed by atoms with E-state index in [1.807, 2.05) is 0 Å². The number of benzene rings is 1. The van der Waals surface area contributed by atoms with Crippen LogP contribution < -0.4 is 4.74 Å². The number of likely N-dealkylation sites (tertiary alicyclic amines) is 1. The number of aryl methyl sites for hydroxylation is 1. The van der Waals surface area contributed by atoms with Crippen molar-refractivity contribution in [1.82, 2.24) is 9.80 Å². The van der Waals surface area contributed by atoms with Crippen molar-refractivity contribution in [2.45, 2.75) is 45.3 Å². The predicted molar refractivity (Wildman–Crippen MR) is 115 cm³/mol. The van der Waals surface area contributed by atoms with Gasteiger partial charge in [0.05, 0.1) is 19.3 Å². The molecule has 1 aromatic rings. The minimum Gasteiger partial charge on any atom is -0.490 e. The minimum atomic E-state index is 0. The topological polar surface area (TPSA) is 24.9 Å².